The standard InChI is InChI=1S/C15H23N5O/c1-10(11-6-5-9-21-11)16-12-7-8-13-17-18-14(15(2,3)4)20(13)19-12/h7-8,10-11H,5-6,9H2,1-4H3,(H,16,19). The van der Waals surface area contributed by atoms with Crippen LogP contribution >= 0.6 is 0 Å². The van der Waals surface area contributed by atoms with E-state index in [1.807, 2.05) is 16.6 Å². The van der Waals surface area contributed by atoms with Crippen LogP contribution in [0.4, 0.5) is 5.82 Å². The van der Waals surface area contributed by atoms with Crippen molar-refractivity contribution in [2.45, 2.75) is 58.1 Å². The zero-order valence-electron chi connectivity index (χ0n) is 13.1. The number of nitrogens with one attached hydrogen (secondary N) is 1. The Bertz CT molecular complexity index is 625. The second-order valence-electron chi connectivity index (χ2n) is 6.75. The smallest absolute Gasteiger partial charge is 0.178 e. The Labute approximate surface area is 124 Å². The van der Waals surface area contributed by atoms with Crippen LogP contribution in [-0.4, -0.2) is 38.6 Å². The maximum absolute atomic E-state index is 5.72. The van der Waals surface area contributed by atoms with E-state index in [9.17, 15) is 0 Å². The molecule has 1 fully saturated rings. The third kappa shape index (κ3) is 2.85. The predicted octanol–water partition coefficient (Wildman–Crippen LogP) is 2.40. The number of fused-ring (bicyclic) bond motifs is 1. The van der Waals surface area contributed by atoms with Gasteiger partial charge in [-0.1, -0.05) is 20.8 Å². The molecule has 1 saturated heterocycles. The van der Waals surface area contributed by atoms with Crippen LogP contribution in [0.25, 0.3) is 5.65 Å². The second-order valence-corrected chi connectivity index (χ2v) is 6.75. The summed E-state index contributed by atoms with van der Waals surface area (Å²) in [5.74, 6) is 1.70. The van der Waals surface area contributed by atoms with Gasteiger partial charge in [-0.3, -0.25) is 0 Å². The van der Waals surface area contributed by atoms with Gasteiger partial charge in [-0.15, -0.1) is 15.3 Å². The fourth-order valence-electron chi connectivity index (χ4n) is 2.66. The summed E-state index contributed by atoms with van der Waals surface area (Å²) in [6.07, 6.45) is 2.52. The lowest BCUT2D eigenvalue weighted by molar-refractivity contribution is 0.0995. The summed E-state index contributed by atoms with van der Waals surface area (Å²) in [6.45, 7) is 9.34. The Kier molecular flexibility index (Phi) is 3.57. The van der Waals surface area contributed by atoms with Crippen LogP contribution in [0.1, 0.15) is 46.4 Å². The van der Waals surface area contributed by atoms with Crippen LogP contribution in [0.5, 0.6) is 0 Å². The van der Waals surface area contributed by atoms with Gasteiger partial charge in [0.15, 0.2) is 11.5 Å². The zero-order chi connectivity index (χ0) is 15.0. The Morgan fingerprint density at radius 3 is 2.81 bits per heavy atom. The van der Waals surface area contributed by atoms with Gasteiger partial charge in [0.25, 0.3) is 0 Å². The fraction of sp³-hybridized carbons (Fsp3) is 0.667. The van der Waals surface area contributed by atoms with Gasteiger partial charge in [-0.25, -0.2) is 0 Å². The summed E-state index contributed by atoms with van der Waals surface area (Å²) in [5, 5.41) is 16.5. The predicted molar refractivity (Wildman–Crippen MR) is 81.5 cm³/mol. The molecule has 3 rings (SSSR count). The second kappa shape index (κ2) is 5.26. The molecule has 1 aliphatic heterocycles. The molecule has 0 saturated carbocycles. The quantitative estimate of drug-likeness (QED) is 0.940. The lowest BCUT2D eigenvalue weighted by atomic mass is 9.96. The number of nitrogens with zero attached hydrogens (tertiary/aromatic N) is 4. The van der Waals surface area contributed by atoms with Crippen LogP contribution < -0.4 is 5.32 Å². The van der Waals surface area contributed by atoms with Crippen LogP contribution in [0.15, 0.2) is 12.1 Å². The van der Waals surface area contributed by atoms with Crippen molar-refractivity contribution in [1.82, 2.24) is 19.8 Å². The van der Waals surface area contributed by atoms with Gasteiger partial charge in [0.1, 0.15) is 5.82 Å². The number of ether oxygens (including phenoxy) is 1. The van der Waals surface area contributed by atoms with E-state index >= 15 is 0 Å². The third-order valence-electron chi connectivity index (χ3n) is 3.83. The first-order valence-corrected chi connectivity index (χ1v) is 7.56. The number of anilines is 1. The first kappa shape index (κ1) is 14.3. The Morgan fingerprint density at radius 2 is 2.14 bits per heavy atom. The Hall–Kier alpha value is -1.69. The Morgan fingerprint density at radius 1 is 1.33 bits per heavy atom. The molecule has 0 amide bonds. The van der Waals surface area contributed by atoms with E-state index in [-0.39, 0.29) is 17.6 Å². The van der Waals surface area contributed by atoms with Gasteiger partial charge in [-0.05, 0) is 31.9 Å². The normalized spacial score (nSPS) is 20.9. The molecule has 2 unspecified atom stereocenters. The molecular formula is C15H23N5O. The first-order valence-electron chi connectivity index (χ1n) is 7.56. The summed E-state index contributed by atoms with van der Waals surface area (Å²) in [6, 6.07) is 4.13. The van der Waals surface area contributed by atoms with Crippen molar-refractivity contribution in [3.05, 3.63) is 18.0 Å². The number of aromatic nitrogens is 4. The van der Waals surface area contributed by atoms with E-state index in [1.54, 1.807) is 0 Å². The Balaban J connectivity index is 1.86. The van der Waals surface area contributed by atoms with Crippen molar-refractivity contribution in [3.8, 4) is 0 Å². The van der Waals surface area contributed by atoms with Crippen molar-refractivity contribution >= 4 is 11.5 Å². The highest BCUT2D eigenvalue weighted by atomic mass is 16.5. The van der Waals surface area contributed by atoms with E-state index in [0.717, 1.165) is 36.7 Å². The molecule has 2 aromatic heterocycles. The minimum Gasteiger partial charge on any atom is -0.376 e. The molecule has 0 aromatic carbocycles. The SMILES string of the molecule is CC(Nc1ccc2nnc(C(C)(C)C)n2n1)C1CCCO1. The van der Waals surface area contributed by atoms with Gasteiger partial charge in [-0.2, -0.15) is 4.52 Å². The molecule has 0 bridgehead atoms. The molecule has 21 heavy (non-hydrogen) atoms. The van der Waals surface area contributed by atoms with E-state index in [2.05, 4.69) is 48.3 Å². The summed E-state index contributed by atoms with van der Waals surface area (Å²) in [5.41, 5.74) is 0.681. The van der Waals surface area contributed by atoms with E-state index in [0.29, 0.717) is 0 Å². The zero-order valence-corrected chi connectivity index (χ0v) is 13.1. The van der Waals surface area contributed by atoms with Crippen molar-refractivity contribution in [2.75, 3.05) is 11.9 Å². The highest BCUT2D eigenvalue weighted by Crippen LogP contribution is 2.22. The molecule has 1 N–H and O–H groups in total. The number of hydrogen-bond acceptors (Lipinski definition) is 5. The van der Waals surface area contributed by atoms with Crippen molar-refractivity contribution in [3.63, 3.8) is 0 Å². The molecule has 2 aromatic rings. The van der Waals surface area contributed by atoms with Gasteiger partial charge in [0, 0.05) is 12.0 Å². The van der Waals surface area contributed by atoms with Crippen molar-refractivity contribution < 1.29 is 4.74 Å². The number of hydrogen-bond donors (Lipinski definition) is 1. The average Bonchev–Trinajstić information content (AvgIpc) is 3.06. The first-order chi connectivity index (χ1) is 9.95. The summed E-state index contributed by atoms with van der Waals surface area (Å²) >= 11 is 0. The summed E-state index contributed by atoms with van der Waals surface area (Å²) < 4.78 is 7.54. The van der Waals surface area contributed by atoms with Gasteiger partial charge in [0.2, 0.25) is 0 Å². The monoisotopic (exact) mass is 289 g/mol. The van der Waals surface area contributed by atoms with Crippen LogP contribution in [-0.2, 0) is 10.2 Å². The fourth-order valence-corrected chi connectivity index (χ4v) is 2.66. The maximum Gasteiger partial charge on any atom is 0.178 e. The van der Waals surface area contributed by atoms with Gasteiger partial charge >= 0.3 is 0 Å². The highest BCUT2D eigenvalue weighted by molar-refractivity contribution is 5.45. The van der Waals surface area contributed by atoms with E-state index in [4.69, 9.17) is 4.74 Å². The average molecular weight is 289 g/mol. The molecule has 1 aliphatic rings. The van der Waals surface area contributed by atoms with Gasteiger partial charge < -0.3 is 10.1 Å². The summed E-state index contributed by atoms with van der Waals surface area (Å²) in [4.78, 5) is 0. The summed E-state index contributed by atoms with van der Waals surface area (Å²) in [7, 11) is 0. The topological polar surface area (TPSA) is 64.3 Å². The van der Waals surface area contributed by atoms with Crippen LogP contribution in [0.2, 0.25) is 0 Å². The molecule has 114 valence electrons. The lowest BCUT2D eigenvalue weighted by Crippen LogP contribution is -2.30. The number of rotatable bonds is 3. The molecule has 3 heterocycles. The molecule has 0 aliphatic carbocycles. The maximum atomic E-state index is 5.72. The van der Waals surface area contributed by atoms with Crippen LogP contribution in [0.3, 0.4) is 0 Å². The minimum atomic E-state index is -0.0920. The van der Waals surface area contributed by atoms with Crippen molar-refractivity contribution in [1.29, 1.82) is 0 Å². The molecular weight excluding hydrogens is 266 g/mol. The highest BCUT2D eigenvalue weighted by Gasteiger charge is 2.24. The van der Waals surface area contributed by atoms with E-state index < -0.39 is 0 Å². The van der Waals surface area contributed by atoms with Gasteiger partial charge in [0.05, 0.1) is 12.1 Å². The lowest BCUT2D eigenvalue weighted by Gasteiger charge is -2.21. The molecule has 0 radical (unpaired) electrons. The van der Waals surface area contributed by atoms with Crippen LogP contribution in [0, 0.1) is 0 Å². The van der Waals surface area contributed by atoms with Crippen molar-refractivity contribution in [2.24, 2.45) is 0 Å². The molecule has 0 spiro atoms. The molecule has 6 nitrogen and oxygen atoms in total. The minimum absolute atomic E-state index is 0.0920. The van der Waals surface area contributed by atoms with E-state index in [1.165, 1.54) is 0 Å². The molecule has 2 atom stereocenters. The third-order valence-corrected chi connectivity index (χ3v) is 3.83. The largest absolute Gasteiger partial charge is 0.376 e. The molecule has 6 heteroatoms.